The molecule has 134 valence electrons. The second-order valence-electron chi connectivity index (χ2n) is 7.87. The number of hydrogen-bond donors (Lipinski definition) is 1. The summed E-state index contributed by atoms with van der Waals surface area (Å²) in [5, 5.41) is 17.3. The molecule has 2 aromatic rings. The van der Waals surface area contributed by atoms with Crippen molar-refractivity contribution in [1.29, 1.82) is 0 Å². The molecule has 1 N–H and O–H groups in total. The van der Waals surface area contributed by atoms with E-state index in [0.29, 0.717) is 5.02 Å². The first-order chi connectivity index (χ1) is 11.8. The highest BCUT2D eigenvalue weighted by atomic mass is 35.5. The topological polar surface area (TPSA) is 58.4 Å². The summed E-state index contributed by atoms with van der Waals surface area (Å²) in [6.07, 6.45) is 2.94. The normalized spacial score (nSPS) is 26.8. The number of likely N-dealkylation sites (tertiary alicyclic amines) is 1. The maximum atomic E-state index is 12.2. The Balaban J connectivity index is 1.64. The molecule has 2 aliphatic rings. The second kappa shape index (κ2) is 5.71. The van der Waals surface area contributed by atoms with Crippen molar-refractivity contribution in [3.63, 3.8) is 0 Å². The Labute approximate surface area is 152 Å². The highest BCUT2D eigenvalue weighted by Gasteiger charge is 2.50. The number of amides is 1. The number of carbonyl (C=O) groups excluding carboxylic acids is 1. The number of piperidine rings is 1. The highest BCUT2D eigenvalue weighted by Crippen LogP contribution is 2.51. The molecular weight excluding hydrogens is 338 g/mol. The molecule has 3 heterocycles. The van der Waals surface area contributed by atoms with Crippen LogP contribution in [0.4, 0.5) is 0 Å². The first-order valence-corrected chi connectivity index (χ1v) is 9.36. The minimum absolute atomic E-state index is 0.0290. The highest BCUT2D eigenvalue weighted by molar-refractivity contribution is 6.31. The summed E-state index contributed by atoms with van der Waals surface area (Å²) >= 11 is 6.22. The van der Waals surface area contributed by atoms with Crippen LogP contribution < -0.4 is 0 Å². The molecule has 0 bridgehead atoms. The molecule has 0 radical (unpaired) electrons. The van der Waals surface area contributed by atoms with Gasteiger partial charge in [0.15, 0.2) is 0 Å². The molecule has 1 unspecified atom stereocenters. The largest absolute Gasteiger partial charge is 0.386 e. The molecule has 1 saturated heterocycles. The summed E-state index contributed by atoms with van der Waals surface area (Å²) in [5.41, 5.74) is 1.35. The number of rotatable bonds is 2. The lowest BCUT2D eigenvalue weighted by Crippen LogP contribution is -2.48. The summed E-state index contributed by atoms with van der Waals surface area (Å²) < 4.78 is 1.99. The fraction of sp³-hybridized carbons (Fsp3) is 0.579. The molecule has 2 atom stereocenters. The Kier molecular flexibility index (Phi) is 3.85. The summed E-state index contributed by atoms with van der Waals surface area (Å²) in [4.78, 5) is 14.2. The van der Waals surface area contributed by atoms with Gasteiger partial charge >= 0.3 is 0 Å². The van der Waals surface area contributed by atoms with Gasteiger partial charge in [0.1, 0.15) is 6.10 Å². The Morgan fingerprint density at radius 3 is 2.68 bits per heavy atom. The van der Waals surface area contributed by atoms with E-state index in [2.05, 4.69) is 12.0 Å². The van der Waals surface area contributed by atoms with Crippen LogP contribution in [0.1, 0.15) is 45.3 Å². The summed E-state index contributed by atoms with van der Waals surface area (Å²) in [6, 6.07) is 3.75. The van der Waals surface area contributed by atoms with E-state index in [0.717, 1.165) is 42.4 Å². The lowest BCUT2D eigenvalue weighted by atomic mass is 9.75. The van der Waals surface area contributed by atoms with Crippen molar-refractivity contribution < 1.29 is 9.90 Å². The van der Waals surface area contributed by atoms with Crippen molar-refractivity contribution in [2.75, 3.05) is 13.1 Å². The maximum Gasteiger partial charge on any atom is 0.225 e. The van der Waals surface area contributed by atoms with Crippen LogP contribution in [0.2, 0.25) is 5.02 Å². The van der Waals surface area contributed by atoms with Crippen molar-refractivity contribution in [3.05, 3.63) is 28.9 Å². The van der Waals surface area contributed by atoms with E-state index in [4.69, 9.17) is 11.6 Å². The van der Waals surface area contributed by atoms with Gasteiger partial charge in [0.05, 0.1) is 17.3 Å². The third kappa shape index (κ3) is 2.32. The van der Waals surface area contributed by atoms with E-state index in [1.807, 2.05) is 41.8 Å². The molecular formula is C19H24ClN3O2. The Morgan fingerprint density at radius 2 is 2.04 bits per heavy atom. The van der Waals surface area contributed by atoms with E-state index in [-0.39, 0.29) is 17.7 Å². The zero-order valence-electron chi connectivity index (χ0n) is 14.9. The zero-order valence-corrected chi connectivity index (χ0v) is 15.6. The van der Waals surface area contributed by atoms with Crippen LogP contribution in [0.15, 0.2) is 18.3 Å². The van der Waals surface area contributed by atoms with E-state index in [9.17, 15) is 9.90 Å². The Morgan fingerprint density at radius 1 is 1.36 bits per heavy atom. The minimum atomic E-state index is -0.630. The van der Waals surface area contributed by atoms with Crippen LogP contribution in [0, 0.1) is 11.8 Å². The number of aliphatic hydroxyl groups is 1. The van der Waals surface area contributed by atoms with Gasteiger partial charge in [-0.15, -0.1) is 0 Å². The quantitative estimate of drug-likeness (QED) is 0.892. The number of nitrogens with zero attached hydrogens (tertiary/aromatic N) is 3. The van der Waals surface area contributed by atoms with Crippen LogP contribution in [0.5, 0.6) is 0 Å². The third-order valence-electron chi connectivity index (χ3n) is 6.09. The third-order valence-corrected chi connectivity index (χ3v) is 6.31. The number of carbonyl (C=O) groups is 1. The molecule has 1 amide bonds. The van der Waals surface area contributed by atoms with Gasteiger partial charge < -0.3 is 10.0 Å². The van der Waals surface area contributed by atoms with Crippen LogP contribution in [0.3, 0.4) is 0 Å². The molecule has 0 saturated carbocycles. The first kappa shape index (κ1) is 16.9. The summed E-state index contributed by atoms with van der Waals surface area (Å²) in [5.74, 6) is 0.501. The molecule has 6 heteroatoms. The predicted octanol–water partition coefficient (Wildman–Crippen LogP) is 3.35. The monoisotopic (exact) mass is 361 g/mol. The van der Waals surface area contributed by atoms with E-state index in [1.54, 1.807) is 0 Å². The van der Waals surface area contributed by atoms with Gasteiger partial charge in [-0.05, 0) is 37.8 Å². The zero-order chi connectivity index (χ0) is 17.9. The average molecular weight is 362 g/mol. The second-order valence-corrected chi connectivity index (χ2v) is 8.31. The molecule has 0 spiro atoms. The van der Waals surface area contributed by atoms with Gasteiger partial charge in [-0.1, -0.05) is 25.4 Å². The molecule has 4 rings (SSSR count). The standard InChI is InChI=1S/C19H24ClN3O2/c1-11(2)18(25)22-6-4-13(5-7-22)19(3)17(24)15-9-14(20)8-12-10-21-23(19)16(12)15/h8-11,13,17,24H,4-7H2,1-3H3/t17-,19?/m1/s1. The van der Waals surface area contributed by atoms with Crippen molar-refractivity contribution in [2.45, 2.75) is 45.3 Å². The van der Waals surface area contributed by atoms with E-state index >= 15 is 0 Å². The number of aromatic nitrogens is 2. The molecule has 25 heavy (non-hydrogen) atoms. The van der Waals surface area contributed by atoms with Crippen molar-refractivity contribution in [3.8, 4) is 0 Å². The molecule has 1 aromatic carbocycles. The van der Waals surface area contributed by atoms with Crippen LogP contribution in [-0.4, -0.2) is 38.8 Å². The van der Waals surface area contributed by atoms with Crippen molar-refractivity contribution in [2.24, 2.45) is 11.8 Å². The molecule has 2 aliphatic heterocycles. The maximum absolute atomic E-state index is 12.2. The fourth-order valence-corrected chi connectivity index (χ4v) is 4.85. The number of halogens is 1. The van der Waals surface area contributed by atoms with Gasteiger partial charge in [-0.2, -0.15) is 5.10 Å². The van der Waals surface area contributed by atoms with Crippen LogP contribution in [-0.2, 0) is 10.3 Å². The van der Waals surface area contributed by atoms with Crippen LogP contribution in [0.25, 0.3) is 10.9 Å². The summed E-state index contributed by atoms with van der Waals surface area (Å²) in [7, 11) is 0. The predicted molar refractivity (Wildman–Crippen MR) is 97.5 cm³/mol. The van der Waals surface area contributed by atoms with Crippen molar-refractivity contribution >= 4 is 28.4 Å². The van der Waals surface area contributed by atoms with Gasteiger partial charge in [-0.25, -0.2) is 0 Å². The first-order valence-electron chi connectivity index (χ1n) is 8.98. The Hall–Kier alpha value is -1.59. The van der Waals surface area contributed by atoms with Gasteiger partial charge in [0, 0.05) is 35.0 Å². The SMILES string of the molecule is CC(C)C(=O)N1CCC(C2(C)[C@H](O)c3cc(Cl)cc4cnn2c34)CC1. The number of benzene rings is 1. The van der Waals surface area contributed by atoms with Gasteiger partial charge in [0.25, 0.3) is 0 Å². The van der Waals surface area contributed by atoms with Crippen LogP contribution >= 0.6 is 11.6 Å². The Bertz CT molecular complexity index is 839. The van der Waals surface area contributed by atoms with E-state index in [1.165, 1.54) is 0 Å². The smallest absolute Gasteiger partial charge is 0.225 e. The number of aliphatic hydroxyl groups excluding tert-OH is 1. The minimum Gasteiger partial charge on any atom is -0.386 e. The number of hydrogen-bond acceptors (Lipinski definition) is 3. The fourth-order valence-electron chi connectivity index (χ4n) is 4.61. The molecule has 1 fully saturated rings. The lowest BCUT2D eigenvalue weighted by molar-refractivity contribution is -0.137. The molecule has 1 aromatic heterocycles. The lowest BCUT2D eigenvalue weighted by Gasteiger charge is -2.43. The van der Waals surface area contributed by atoms with Gasteiger partial charge in [0.2, 0.25) is 5.91 Å². The molecule has 0 aliphatic carbocycles. The summed E-state index contributed by atoms with van der Waals surface area (Å²) in [6.45, 7) is 7.45. The van der Waals surface area contributed by atoms with E-state index < -0.39 is 11.6 Å². The van der Waals surface area contributed by atoms with Gasteiger partial charge in [-0.3, -0.25) is 9.48 Å². The molecule has 5 nitrogen and oxygen atoms in total. The van der Waals surface area contributed by atoms with Crippen molar-refractivity contribution in [1.82, 2.24) is 14.7 Å². The average Bonchev–Trinajstić information content (AvgIpc) is 3.11.